The summed E-state index contributed by atoms with van der Waals surface area (Å²) in [6.45, 7) is 4.51. The number of rotatable bonds is 3. The van der Waals surface area contributed by atoms with Crippen molar-refractivity contribution < 1.29 is 27.5 Å². The summed E-state index contributed by atoms with van der Waals surface area (Å²) in [7, 11) is 1.36. The van der Waals surface area contributed by atoms with E-state index >= 15 is 0 Å². The maximum atomic E-state index is 13.3. The van der Waals surface area contributed by atoms with Gasteiger partial charge in [-0.25, -0.2) is 0 Å². The van der Waals surface area contributed by atoms with E-state index in [1.807, 2.05) is 17.0 Å². The smallest absolute Gasteiger partial charge is 0.416 e. The molecule has 8 heteroatoms. The molecule has 0 unspecified atom stereocenters. The van der Waals surface area contributed by atoms with E-state index in [0.29, 0.717) is 30.0 Å². The van der Waals surface area contributed by atoms with Gasteiger partial charge in [-0.05, 0) is 48.4 Å². The molecule has 0 radical (unpaired) electrons. The summed E-state index contributed by atoms with van der Waals surface area (Å²) >= 11 is 0. The SMILES string of the molecule is COC(=O)C1CN(c2cccc(N3C(=O)C(C)(C)Cc4cc(C(F)(F)F)ccc43)c2)C1. The number of ether oxygens (including phenoxy) is 1. The van der Waals surface area contributed by atoms with Gasteiger partial charge in [0.1, 0.15) is 0 Å². The second-order valence-corrected chi connectivity index (χ2v) is 8.69. The number of hydrogen-bond acceptors (Lipinski definition) is 4. The van der Waals surface area contributed by atoms with E-state index in [4.69, 9.17) is 4.74 Å². The molecule has 4 rings (SSSR count). The first kappa shape index (κ1) is 21.2. The van der Waals surface area contributed by atoms with Crippen molar-refractivity contribution in [3.63, 3.8) is 0 Å². The van der Waals surface area contributed by atoms with Gasteiger partial charge in [-0.15, -0.1) is 0 Å². The minimum atomic E-state index is -4.45. The Morgan fingerprint density at radius 3 is 2.42 bits per heavy atom. The molecule has 2 aromatic carbocycles. The first-order valence-electron chi connectivity index (χ1n) is 9.99. The first-order chi connectivity index (χ1) is 14.5. The average Bonchev–Trinajstić information content (AvgIpc) is 2.66. The predicted molar refractivity (Wildman–Crippen MR) is 110 cm³/mol. The Bertz CT molecular complexity index is 1040. The summed E-state index contributed by atoms with van der Waals surface area (Å²) in [6, 6.07) is 10.8. The number of methoxy groups -OCH3 is 1. The zero-order valence-corrected chi connectivity index (χ0v) is 17.5. The van der Waals surface area contributed by atoms with Crippen LogP contribution in [0.1, 0.15) is 25.0 Å². The van der Waals surface area contributed by atoms with Crippen molar-refractivity contribution in [1.82, 2.24) is 0 Å². The van der Waals surface area contributed by atoms with Crippen LogP contribution in [0.5, 0.6) is 0 Å². The second-order valence-electron chi connectivity index (χ2n) is 8.69. The summed E-state index contributed by atoms with van der Waals surface area (Å²) in [5.41, 5.74) is 0.796. The highest BCUT2D eigenvalue weighted by molar-refractivity contribution is 6.06. The molecule has 0 N–H and O–H groups in total. The van der Waals surface area contributed by atoms with Crippen LogP contribution in [-0.4, -0.2) is 32.1 Å². The Labute approximate surface area is 178 Å². The van der Waals surface area contributed by atoms with Crippen LogP contribution < -0.4 is 9.80 Å². The summed E-state index contributed by atoms with van der Waals surface area (Å²) in [5, 5.41) is 0. The molecular formula is C23H23F3N2O3. The van der Waals surface area contributed by atoms with Gasteiger partial charge in [0.25, 0.3) is 0 Å². The fourth-order valence-electron chi connectivity index (χ4n) is 4.18. The first-order valence-corrected chi connectivity index (χ1v) is 9.99. The lowest BCUT2D eigenvalue weighted by molar-refractivity contribution is -0.146. The molecule has 1 amide bonds. The molecular weight excluding hydrogens is 409 g/mol. The van der Waals surface area contributed by atoms with Crippen LogP contribution in [0.3, 0.4) is 0 Å². The van der Waals surface area contributed by atoms with Gasteiger partial charge >= 0.3 is 12.1 Å². The van der Waals surface area contributed by atoms with E-state index < -0.39 is 17.2 Å². The molecule has 2 heterocycles. The highest BCUT2D eigenvalue weighted by atomic mass is 19.4. The van der Waals surface area contributed by atoms with E-state index in [1.165, 1.54) is 18.1 Å². The van der Waals surface area contributed by atoms with Crippen molar-refractivity contribution in [3.8, 4) is 0 Å². The molecule has 0 atom stereocenters. The van der Waals surface area contributed by atoms with Crippen LogP contribution in [0.4, 0.5) is 30.2 Å². The summed E-state index contributed by atoms with van der Waals surface area (Å²) in [4.78, 5) is 28.4. The van der Waals surface area contributed by atoms with E-state index in [0.717, 1.165) is 17.8 Å². The zero-order chi connectivity index (χ0) is 22.6. The topological polar surface area (TPSA) is 49.9 Å². The molecule has 1 saturated heterocycles. The Balaban J connectivity index is 1.70. The molecule has 0 bridgehead atoms. The number of nitrogens with zero attached hydrogens (tertiary/aromatic N) is 2. The molecule has 0 saturated carbocycles. The molecule has 164 valence electrons. The van der Waals surface area contributed by atoms with Crippen LogP contribution >= 0.6 is 0 Å². The van der Waals surface area contributed by atoms with Gasteiger partial charge < -0.3 is 9.64 Å². The Kier molecular flexibility index (Phi) is 4.98. The van der Waals surface area contributed by atoms with Crippen LogP contribution in [0.15, 0.2) is 42.5 Å². The number of halogens is 3. The number of carbonyl (C=O) groups is 2. The third-order valence-electron chi connectivity index (χ3n) is 5.93. The van der Waals surface area contributed by atoms with Gasteiger partial charge in [0.15, 0.2) is 0 Å². The van der Waals surface area contributed by atoms with Gasteiger partial charge in [-0.2, -0.15) is 13.2 Å². The van der Waals surface area contributed by atoms with E-state index in [9.17, 15) is 22.8 Å². The lowest BCUT2D eigenvalue weighted by Gasteiger charge is -2.41. The molecule has 2 aliphatic heterocycles. The van der Waals surface area contributed by atoms with Crippen molar-refractivity contribution in [2.24, 2.45) is 11.3 Å². The molecule has 0 aliphatic carbocycles. The van der Waals surface area contributed by atoms with Crippen molar-refractivity contribution >= 4 is 28.9 Å². The fourth-order valence-corrected chi connectivity index (χ4v) is 4.18. The van der Waals surface area contributed by atoms with Gasteiger partial charge in [0, 0.05) is 24.2 Å². The van der Waals surface area contributed by atoms with Gasteiger partial charge in [0.05, 0.1) is 30.0 Å². The zero-order valence-electron chi connectivity index (χ0n) is 17.5. The van der Waals surface area contributed by atoms with Crippen LogP contribution in [-0.2, 0) is 26.9 Å². The number of hydrogen-bond donors (Lipinski definition) is 0. The van der Waals surface area contributed by atoms with Gasteiger partial charge in [0.2, 0.25) is 5.91 Å². The number of benzene rings is 2. The number of carbonyl (C=O) groups excluding carboxylic acids is 2. The van der Waals surface area contributed by atoms with Crippen LogP contribution in [0.25, 0.3) is 0 Å². The number of amides is 1. The monoisotopic (exact) mass is 432 g/mol. The van der Waals surface area contributed by atoms with Crippen molar-refractivity contribution in [1.29, 1.82) is 0 Å². The Morgan fingerprint density at radius 2 is 1.77 bits per heavy atom. The summed E-state index contributed by atoms with van der Waals surface area (Å²) < 4.78 is 44.5. The number of alkyl halides is 3. The maximum Gasteiger partial charge on any atom is 0.416 e. The molecule has 2 aliphatic rings. The fraction of sp³-hybridized carbons (Fsp3) is 0.391. The van der Waals surface area contributed by atoms with E-state index in [2.05, 4.69) is 0 Å². The van der Waals surface area contributed by atoms with Crippen molar-refractivity contribution in [2.45, 2.75) is 26.4 Å². The molecule has 2 aromatic rings. The third kappa shape index (κ3) is 3.75. The maximum absolute atomic E-state index is 13.3. The molecule has 0 spiro atoms. The van der Waals surface area contributed by atoms with Crippen LogP contribution in [0.2, 0.25) is 0 Å². The van der Waals surface area contributed by atoms with Crippen molar-refractivity contribution in [3.05, 3.63) is 53.6 Å². The minimum absolute atomic E-state index is 0.173. The van der Waals surface area contributed by atoms with E-state index in [-0.39, 0.29) is 24.2 Å². The van der Waals surface area contributed by atoms with Gasteiger partial charge in [-0.1, -0.05) is 19.9 Å². The lowest BCUT2D eigenvalue weighted by atomic mass is 9.79. The predicted octanol–water partition coefficient (Wildman–Crippen LogP) is 4.56. The molecule has 5 nitrogen and oxygen atoms in total. The second kappa shape index (κ2) is 7.28. The standard InChI is InChI=1S/C23H23F3N2O3/c1-22(2)11-14-9-16(23(24,25)26)7-8-19(14)28(21(22)30)18-6-4-5-17(10-18)27-12-15(13-27)20(29)31-3/h4-10,15H,11-13H2,1-3H3. The highest BCUT2D eigenvalue weighted by Crippen LogP contribution is 2.44. The Morgan fingerprint density at radius 1 is 1.10 bits per heavy atom. The summed E-state index contributed by atoms with van der Waals surface area (Å²) in [5.74, 6) is -0.617. The van der Waals surface area contributed by atoms with E-state index in [1.54, 1.807) is 26.0 Å². The molecule has 31 heavy (non-hydrogen) atoms. The Hall–Kier alpha value is -3.03. The van der Waals surface area contributed by atoms with Crippen molar-refractivity contribution in [2.75, 3.05) is 30.0 Å². The highest BCUT2D eigenvalue weighted by Gasteiger charge is 2.42. The largest absolute Gasteiger partial charge is 0.469 e. The number of esters is 1. The average molecular weight is 432 g/mol. The molecule has 1 fully saturated rings. The van der Waals surface area contributed by atoms with Crippen LogP contribution in [0, 0.1) is 11.3 Å². The third-order valence-corrected chi connectivity index (χ3v) is 5.93. The minimum Gasteiger partial charge on any atom is -0.469 e. The quantitative estimate of drug-likeness (QED) is 0.668. The normalized spacial score (nSPS) is 18.5. The van der Waals surface area contributed by atoms with Gasteiger partial charge in [-0.3, -0.25) is 14.5 Å². The lowest BCUT2D eigenvalue weighted by Crippen LogP contribution is -2.51. The molecule has 0 aromatic heterocycles. The summed E-state index contributed by atoms with van der Waals surface area (Å²) in [6.07, 6.45) is -4.22. The number of anilines is 3. The number of fused-ring (bicyclic) bond motifs is 1.